The first-order valence-corrected chi connectivity index (χ1v) is 6.12. The summed E-state index contributed by atoms with van der Waals surface area (Å²) in [4.78, 5) is 6.04. The number of rotatable bonds is 3. The molecule has 1 heterocycles. The molecule has 0 fully saturated rings. The molecular formula is C14H15N3S. The third-order valence-corrected chi connectivity index (χ3v) is 2.94. The number of nitrogens with one attached hydrogen (secondary N) is 1. The van der Waals surface area contributed by atoms with Crippen LogP contribution in [-0.4, -0.2) is 22.0 Å². The first kappa shape index (κ1) is 12.5. The minimum Gasteiger partial charge on any atom is -0.348 e. The largest absolute Gasteiger partial charge is 0.348 e. The highest BCUT2D eigenvalue weighted by atomic mass is 32.1. The average molecular weight is 257 g/mol. The third-order valence-electron chi connectivity index (χ3n) is 2.52. The third kappa shape index (κ3) is 3.53. The van der Waals surface area contributed by atoms with Crippen molar-refractivity contribution in [1.29, 1.82) is 0 Å². The van der Waals surface area contributed by atoms with Gasteiger partial charge in [-0.05, 0) is 29.9 Å². The number of aromatic nitrogens is 1. The lowest BCUT2D eigenvalue weighted by atomic mass is 10.2. The van der Waals surface area contributed by atoms with Gasteiger partial charge in [0.1, 0.15) is 0 Å². The molecule has 2 aromatic rings. The van der Waals surface area contributed by atoms with E-state index in [1.54, 1.807) is 12.4 Å². The fourth-order valence-electron chi connectivity index (χ4n) is 1.58. The van der Waals surface area contributed by atoms with Crippen molar-refractivity contribution in [1.82, 2.24) is 9.88 Å². The van der Waals surface area contributed by atoms with E-state index in [2.05, 4.69) is 22.4 Å². The minimum absolute atomic E-state index is 0.687. The van der Waals surface area contributed by atoms with E-state index in [-0.39, 0.29) is 0 Å². The summed E-state index contributed by atoms with van der Waals surface area (Å²) in [5.74, 6) is 0. The maximum Gasteiger partial charge on any atom is 0.173 e. The fourth-order valence-corrected chi connectivity index (χ4v) is 1.77. The fraction of sp³-hybridized carbons (Fsp3) is 0.143. The molecule has 0 bridgehead atoms. The molecule has 0 aliphatic carbocycles. The molecule has 0 saturated heterocycles. The Hall–Kier alpha value is -1.94. The van der Waals surface area contributed by atoms with Crippen LogP contribution < -0.4 is 5.32 Å². The minimum atomic E-state index is 0.687. The summed E-state index contributed by atoms with van der Waals surface area (Å²) in [7, 11) is 1.97. The topological polar surface area (TPSA) is 28.2 Å². The molecule has 92 valence electrons. The molecule has 1 aromatic heterocycles. The Morgan fingerprint density at radius 2 is 2.00 bits per heavy atom. The zero-order valence-corrected chi connectivity index (χ0v) is 11.0. The van der Waals surface area contributed by atoms with Crippen molar-refractivity contribution in [2.75, 3.05) is 12.4 Å². The Labute approximate surface area is 112 Å². The number of benzene rings is 1. The van der Waals surface area contributed by atoms with Crippen LogP contribution in [0.4, 0.5) is 5.69 Å². The van der Waals surface area contributed by atoms with Gasteiger partial charge >= 0.3 is 0 Å². The molecule has 0 aliphatic rings. The lowest BCUT2D eigenvalue weighted by Gasteiger charge is -2.21. The number of hydrogen-bond acceptors (Lipinski definition) is 2. The van der Waals surface area contributed by atoms with Crippen molar-refractivity contribution in [2.45, 2.75) is 6.54 Å². The molecule has 3 nitrogen and oxygen atoms in total. The first-order valence-electron chi connectivity index (χ1n) is 5.72. The van der Waals surface area contributed by atoms with E-state index >= 15 is 0 Å². The Morgan fingerprint density at radius 3 is 2.67 bits per heavy atom. The van der Waals surface area contributed by atoms with Crippen molar-refractivity contribution in [3.63, 3.8) is 0 Å². The van der Waals surface area contributed by atoms with Gasteiger partial charge in [-0.2, -0.15) is 0 Å². The zero-order valence-electron chi connectivity index (χ0n) is 10.2. The first-order chi connectivity index (χ1) is 8.75. The van der Waals surface area contributed by atoms with Gasteiger partial charge in [-0.3, -0.25) is 4.98 Å². The van der Waals surface area contributed by atoms with Crippen molar-refractivity contribution in [3.05, 3.63) is 60.4 Å². The summed E-state index contributed by atoms with van der Waals surface area (Å²) in [6.45, 7) is 0.785. The maximum atomic E-state index is 5.34. The molecule has 18 heavy (non-hydrogen) atoms. The lowest BCUT2D eigenvalue weighted by Crippen LogP contribution is -2.30. The number of nitrogens with zero attached hydrogens (tertiary/aromatic N) is 2. The van der Waals surface area contributed by atoms with E-state index in [0.717, 1.165) is 12.2 Å². The van der Waals surface area contributed by atoms with Crippen LogP contribution in [0.3, 0.4) is 0 Å². The van der Waals surface area contributed by atoms with E-state index in [0.29, 0.717) is 5.11 Å². The number of hydrogen-bond donors (Lipinski definition) is 1. The lowest BCUT2D eigenvalue weighted by molar-refractivity contribution is 0.508. The second-order valence-electron chi connectivity index (χ2n) is 4.01. The molecule has 4 heteroatoms. The summed E-state index contributed by atoms with van der Waals surface area (Å²) in [6, 6.07) is 14.1. The predicted molar refractivity (Wildman–Crippen MR) is 78.4 cm³/mol. The highest BCUT2D eigenvalue weighted by Crippen LogP contribution is 2.07. The Kier molecular flexibility index (Phi) is 4.25. The Balaban J connectivity index is 1.93. The molecule has 2 rings (SSSR count). The van der Waals surface area contributed by atoms with Gasteiger partial charge in [-0.1, -0.05) is 30.3 Å². The van der Waals surface area contributed by atoms with Gasteiger partial charge < -0.3 is 10.2 Å². The van der Waals surface area contributed by atoms with Gasteiger partial charge in [-0.25, -0.2) is 0 Å². The van der Waals surface area contributed by atoms with Crippen LogP contribution >= 0.6 is 12.2 Å². The zero-order chi connectivity index (χ0) is 12.8. The van der Waals surface area contributed by atoms with Crippen LogP contribution in [0.15, 0.2) is 54.9 Å². The monoisotopic (exact) mass is 257 g/mol. The Morgan fingerprint density at radius 1 is 1.22 bits per heavy atom. The van der Waals surface area contributed by atoms with Gasteiger partial charge in [-0.15, -0.1) is 0 Å². The SMILES string of the molecule is CN(Cc1ccccc1)C(=S)Nc1cccnc1. The molecule has 0 amide bonds. The summed E-state index contributed by atoms with van der Waals surface area (Å²) in [5, 5.41) is 3.84. The van der Waals surface area contributed by atoms with Crippen molar-refractivity contribution in [3.8, 4) is 0 Å². The molecule has 0 saturated carbocycles. The van der Waals surface area contributed by atoms with Crippen LogP contribution in [-0.2, 0) is 6.54 Å². The highest BCUT2D eigenvalue weighted by molar-refractivity contribution is 7.80. The van der Waals surface area contributed by atoms with E-state index in [4.69, 9.17) is 12.2 Å². The van der Waals surface area contributed by atoms with Crippen LogP contribution in [0.5, 0.6) is 0 Å². The molecule has 0 unspecified atom stereocenters. The average Bonchev–Trinajstić information content (AvgIpc) is 2.41. The predicted octanol–water partition coefficient (Wildman–Crippen LogP) is 2.91. The van der Waals surface area contributed by atoms with Crippen LogP contribution in [0.25, 0.3) is 0 Å². The van der Waals surface area contributed by atoms with E-state index < -0.39 is 0 Å². The van der Waals surface area contributed by atoms with Gasteiger partial charge in [0.05, 0.1) is 11.9 Å². The number of pyridine rings is 1. The van der Waals surface area contributed by atoms with Gasteiger partial charge in [0.25, 0.3) is 0 Å². The maximum absolute atomic E-state index is 5.34. The highest BCUT2D eigenvalue weighted by Gasteiger charge is 2.05. The van der Waals surface area contributed by atoms with E-state index in [1.165, 1.54) is 5.56 Å². The summed E-state index contributed by atoms with van der Waals surface area (Å²) in [6.07, 6.45) is 3.49. The number of anilines is 1. The molecule has 0 atom stereocenters. The van der Waals surface area contributed by atoms with Gasteiger partial charge in [0.2, 0.25) is 0 Å². The molecule has 1 N–H and O–H groups in total. The Bertz CT molecular complexity index is 499. The molecule has 1 aromatic carbocycles. The van der Waals surface area contributed by atoms with Gasteiger partial charge in [0.15, 0.2) is 5.11 Å². The van der Waals surface area contributed by atoms with Crippen LogP contribution in [0.1, 0.15) is 5.56 Å². The normalized spacial score (nSPS) is 9.83. The summed E-state index contributed by atoms with van der Waals surface area (Å²) in [5.41, 5.74) is 2.14. The van der Waals surface area contributed by atoms with Crippen molar-refractivity contribution < 1.29 is 0 Å². The molecule has 0 aliphatic heterocycles. The van der Waals surface area contributed by atoms with E-state index in [9.17, 15) is 0 Å². The molecular weight excluding hydrogens is 242 g/mol. The van der Waals surface area contributed by atoms with Crippen LogP contribution in [0.2, 0.25) is 0 Å². The van der Waals surface area contributed by atoms with Crippen molar-refractivity contribution >= 4 is 23.0 Å². The molecule has 0 spiro atoms. The van der Waals surface area contributed by atoms with Crippen molar-refractivity contribution in [2.24, 2.45) is 0 Å². The molecule has 0 radical (unpaired) electrons. The van der Waals surface area contributed by atoms with Crippen LogP contribution in [0, 0.1) is 0 Å². The van der Waals surface area contributed by atoms with Gasteiger partial charge in [0, 0.05) is 19.8 Å². The standard InChI is InChI=1S/C14H15N3S/c1-17(11-12-6-3-2-4-7-12)14(18)16-13-8-5-9-15-10-13/h2-10H,11H2,1H3,(H,16,18). The smallest absolute Gasteiger partial charge is 0.173 e. The quantitative estimate of drug-likeness (QED) is 0.856. The summed E-state index contributed by atoms with van der Waals surface area (Å²) >= 11 is 5.34. The number of thiocarbonyl (C=S) groups is 1. The second kappa shape index (κ2) is 6.12. The summed E-state index contributed by atoms with van der Waals surface area (Å²) < 4.78 is 0. The second-order valence-corrected chi connectivity index (χ2v) is 4.40. The van der Waals surface area contributed by atoms with E-state index in [1.807, 2.05) is 42.3 Å².